The number of aryl methyl sites for hydroxylation is 4. The van der Waals surface area contributed by atoms with Crippen molar-refractivity contribution in [1.82, 2.24) is 19.9 Å². The molecular weight excluding hydrogens is 402 g/mol. The summed E-state index contributed by atoms with van der Waals surface area (Å²) < 4.78 is 11.6. The van der Waals surface area contributed by atoms with Crippen molar-refractivity contribution in [3.05, 3.63) is 51.9 Å². The fourth-order valence-electron chi connectivity index (χ4n) is 3.43. The van der Waals surface area contributed by atoms with Gasteiger partial charge in [-0.1, -0.05) is 6.92 Å². The minimum atomic E-state index is -0.310. The van der Waals surface area contributed by atoms with Crippen LogP contribution in [0, 0.1) is 20.8 Å². The third kappa shape index (κ3) is 4.36. The Hall–Kier alpha value is -2.78. The number of nitrogens with one attached hydrogen (secondary N) is 1. The van der Waals surface area contributed by atoms with E-state index >= 15 is 0 Å². The van der Waals surface area contributed by atoms with Crippen LogP contribution < -0.4 is 5.32 Å². The molecule has 0 aromatic carbocycles. The van der Waals surface area contributed by atoms with E-state index in [4.69, 9.17) is 9.15 Å². The Kier molecular flexibility index (Phi) is 5.83. The Labute approximate surface area is 179 Å². The van der Waals surface area contributed by atoms with Crippen molar-refractivity contribution in [3.8, 4) is 0 Å². The zero-order valence-electron chi connectivity index (χ0n) is 17.6. The van der Waals surface area contributed by atoms with Crippen molar-refractivity contribution in [2.24, 2.45) is 0 Å². The minimum Gasteiger partial charge on any atom is -0.435 e. The molecule has 1 unspecified atom stereocenters. The lowest BCUT2D eigenvalue weighted by Gasteiger charge is -2.32. The summed E-state index contributed by atoms with van der Waals surface area (Å²) in [6, 6.07) is 3.92. The smallest absolute Gasteiger partial charge is 0.291 e. The molecule has 0 bridgehead atoms. The molecular formula is C21H25N5O3S. The maximum atomic E-state index is 13.0. The lowest BCUT2D eigenvalue weighted by Crippen LogP contribution is -2.42. The zero-order chi connectivity index (χ0) is 21.3. The number of carbonyl (C=O) groups excluding carboxylic acids is 1. The number of anilines is 2. The molecule has 0 radical (unpaired) electrons. The summed E-state index contributed by atoms with van der Waals surface area (Å²) in [5.74, 6) is 0.734. The highest BCUT2D eigenvalue weighted by molar-refractivity contribution is 7.15. The largest absolute Gasteiger partial charge is 0.435 e. The molecule has 8 nitrogen and oxygen atoms in total. The van der Waals surface area contributed by atoms with Crippen LogP contribution in [-0.2, 0) is 11.2 Å². The fourth-order valence-corrected chi connectivity index (χ4v) is 4.11. The summed E-state index contributed by atoms with van der Waals surface area (Å²) in [5.41, 5.74) is 3.18. The second-order valence-electron chi connectivity index (χ2n) is 7.31. The molecule has 4 heterocycles. The number of oxazole rings is 1. The molecule has 0 aliphatic carbocycles. The van der Waals surface area contributed by atoms with Gasteiger partial charge < -0.3 is 19.4 Å². The lowest BCUT2D eigenvalue weighted by atomic mass is 10.1. The van der Waals surface area contributed by atoms with Crippen LogP contribution in [0.25, 0.3) is 0 Å². The highest BCUT2D eigenvalue weighted by Crippen LogP contribution is 2.28. The Morgan fingerprint density at radius 3 is 2.83 bits per heavy atom. The van der Waals surface area contributed by atoms with Gasteiger partial charge in [0.05, 0.1) is 24.5 Å². The summed E-state index contributed by atoms with van der Waals surface area (Å²) in [7, 11) is 0. The first-order valence-corrected chi connectivity index (χ1v) is 10.8. The summed E-state index contributed by atoms with van der Waals surface area (Å²) >= 11 is 1.59. The SMILES string of the molecule is CCc1nc(C)c(C(=O)N2CCOC(c3cc(Nc4ncc(C)s4)cc(C)n3)C2)o1. The number of nitrogens with zero attached hydrogens (tertiary/aromatic N) is 4. The maximum Gasteiger partial charge on any atom is 0.291 e. The average molecular weight is 428 g/mol. The van der Waals surface area contributed by atoms with E-state index in [1.807, 2.05) is 39.1 Å². The second-order valence-corrected chi connectivity index (χ2v) is 8.54. The number of ether oxygens (including phenoxy) is 1. The van der Waals surface area contributed by atoms with Crippen LogP contribution in [-0.4, -0.2) is 45.5 Å². The lowest BCUT2D eigenvalue weighted by molar-refractivity contribution is -0.0257. The molecule has 4 rings (SSSR count). The molecule has 30 heavy (non-hydrogen) atoms. The number of carbonyl (C=O) groups is 1. The summed E-state index contributed by atoms with van der Waals surface area (Å²) in [5, 5.41) is 4.16. The fraction of sp³-hybridized carbons (Fsp3) is 0.429. The monoisotopic (exact) mass is 427 g/mol. The van der Waals surface area contributed by atoms with Crippen LogP contribution in [0.2, 0.25) is 0 Å². The van der Waals surface area contributed by atoms with Gasteiger partial charge in [-0.2, -0.15) is 0 Å². The number of aromatic nitrogens is 3. The molecule has 1 fully saturated rings. The second kappa shape index (κ2) is 8.53. The highest BCUT2D eigenvalue weighted by atomic mass is 32.1. The predicted octanol–water partition coefficient (Wildman–Crippen LogP) is 3.97. The van der Waals surface area contributed by atoms with Gasteiger partial charge in [0, 0.05) is 35.4 Å². The average Bonchev–Trinajstić information content (AvgIpc) is 3.32. The molecule has 3 aromatic heterocycles. The van der Waals surface area contributed by atoms with Crippen LogP contribution in [0.15, 0.2) is 22.7 Å². The third-order valence-electron chi connectivity index (χ3n) is 4.87. The number of thiazole rings is 1. The van der Waals surface area contributed by atoms with Crippen LogP contribution in [0.3, 0.4) is 0 Å². The van der Waals surface area contributed by atoms with Crippen LogP contribution in [0.1, 0.15) is 51.4 Å². The van der Waals surface area contributed by atoms with Crippen LogP contribution in [0.5, 0.6) is 0 Å². The Bertz CT molecular complexity index is 1060. The Morgan fingerprint density at radius 2 is 2.13 bits per heavy atom. The third-order valence-corrected chi connectivity index (χ3v) is 5.70. The van der Waals surface area contributed by atoms with Crippen molar-refractivity contribution in [1.29, 1.82) is 0 Å². The van der Waals surface area contributed by atoms with E-state index in [0.29, 0.717) is 43.5 Å². The van der Waals surface area contributed by atoms with Crippen LogP contribution in [0.4, 0.5) is 10.8 Å². The quantitative estimate of drug-likeness (QED) is 0.658. The van der Waals surface area contributed by atoms with Gasteiger partial charge in [0.15, 0.2) is 11.0 Å². The number of amides is 1. The normalized spacial score (nSPS) is 16.7. The number of morpholine rings is 1. The van der Waals surface area contributed by atoms with Crippen molar-refractivity contribution >= 4 is 28.1 Å². The molecule has 1 amide bonds. The molecule has 9 heteroatoms. The molecule has 0 saturated carbocycles. The molecule has 1 N–H and O–H groups in total. The van der Waals surface area contributed by atoms with E-state index in [9.17, 15) is 4.79 Å². The summed E-state index contributed by atoms with van der Waals surface area (Å²) in [4.78, 5) is 29.2. The number of pyridine rings is 1. The number of hydrogen-bond donors (Lipinski definition) is 1. The first-order valence-electron chi connectivity index (χ1n) is 9.98. The topological polar surface area (TPSA) is 93.4 Å². The number of rotatable bonds is 5. The molecule has 1 saturated heterocycles. The molecule has 3 aromatic rings. The van der Waals surface area contributed by atoms with E-state index in [-0.39, 0.29) is 12.0 Å². The van der Waals surface area contributed by atoms with Crippen molar-refractivity contribution in [3.63, 3.8) is 0 Å². The molecule has 1 aliphatic heterocycles. The van der Waals surface area contributed by atoms with E-state index in [1.54, 1.807) is 23.2 Å². The highest BCUT2D eigenvalue weighted by Gasteiger charge is 2.30. The zero-order valence-corrected chi connectivity index (χ0v) is 18.4. The van der Waals surface area contributed by atoms with E-state index in [1.165, 1.54) is 0 Å². The van der Waals surface area contributed by atoms with E-state index in [2.05, 4.69) is 20.3 Å². The molecule has 1 atom stereocenters. The van der Waals surface area contributed by atoms with Gasteiger partial charge in [0.25, 0.3) is 5.91 Å². The van der Waals surface area contributed by atoms with Gasteiger partial charge in [-0.05, 0) is 32.9 Å². The minimum absolute atomic E-state index is 0.155. The van der Waals surface area contributed by atoms with Gasteiger partial charge in [-0.3, -0.25) is 9.78 Å². The van der Waals surface area contributed by atoms with Gasteiger partial charge >= 0.3 is 0 Å². The molecule has 158 valence electrons. The van der Waals surface area contributed by atoms with Crippen molar-refractivity contribution in [2.45, 2.75) is 40.2 Å². The number of hydrogen-bond acceptors (Lipinski definition) is 8. The predicted molar refractivity (Wildman–Crippen MR) is 114 cm³/mol. The van der Waals surface area contributed by atoms with E-state index < -0.39 is 0 Å². The van der Waals surface area contributed by atoms with Gasteiger partial charge in [-0.15, -0.1) is 11.3 Å². The Morgan fingerprint density at radius 1 is 1.30 bits per heavy atom. The van der Waals surface area contributed by atoms with Gasteiger partial charge in [0.2, 0.25) is 5.76 Å². The Balaban J connectivity index is 1.52. The first kappa shape index (κ1) is 20.5. The van der Waals surface area contributed by atoms with E-state index in [0.717, 1.165) is 27.1 Å². The first-order chi connectivity index (χ1) is 14.4. The standard InChI is InChI=1S/C21H25N5O3S/c1-5-18-24-14(4)19(29-18)20(27)26-6-7-28-17(11-26)16-9-15(8-12(2)23-16)25-21-22-10-13(3)30-21/h8-10,17H,5-7,11H2,1-4H3,(H,22,23,25). The van der Waals surface area contributed by atoms with Gasteiger partial charge in [-0.25, -0.2) is 9.97 Å². The van der Waals surface area contributed by atoms with Crippen LogP contribution >= 0.6 is 11.3 Å². The summed E-state index contributed by atoms with van der Waals surface area (Å²) in [6.45, 7) is 9.07. The van der Waals surface area contributed by atoms with Crippen molar-refractivity contribution in [2.75, 3.05) is 25.0 Å². The van der Waals surface area contributed by atoms with Gasteiger partial charge in [0.1, 0.15) is 6.10 Å². The van der Waals surface area contributed by atoms with Crippen molar-refractivity contribution < 1.29 is 13.9 Å². The molecule has 0 spiro atoms. The molecule has 1 aliphatic rings. The summed E-state index contributed by atoms with van der Waals surface area (Å²) in [6.07, 6.45) is 2.18. The maximum absolute atomic E-state index is 13.0.